The number of aryl methyl sites for hydroxylation is 1. The molecule has 1 aromatic rings. The Kier molecular flexibility index (Phi) is 1.69. The molecule has 1 aromatic heterocycles. The van der Waals surface area contributed by atoms with Crippen molar-refractivity contribution in [1.82, 2.24) is 5.16 Å². The molecule has 4 heteroatoms. The molecule has 0 spiro atoms. The minimum atomic E-state index is 0.148. The Morgan fingerprint density at radius 1 is 1.50 bits per heavy atom. The molecule has 0 aliphatic heterocycles. The summed E-state index contributed by atoms with van der Waals surface area (Å²) in [4.78, 5) is 11.3. The van der Waals surface area contributed by atoms with Gasteiger partial charge >= 0.3 is 0 Å². The van der Waals surface area contributed by atoms with E-state index in [1.807, 2.05) is 0 Å². The third-order valence-electron chi connectivity index (χ3n) is 2.07. The van der Waals surface area contributed by atoms with Crippen LogP contribution in [0.2, 0.25) is 0 Å². The molecular weight excluding hydrogens is 156 g/mol. The molecule has 4 nitrogen and oxygen atoms in total. The molecule has 0 saturated carbocycles. The number of fused-ring (bicyclic) bond motifs is 1. The van der Waals surface area contributed by atoms with Gasteiger partial charge in [0.2, 0.25) is 0 Å². The van der Waals surface area contributed by atoms with Crippen LogP contribution in [0.3, 0.4) is 0 Å². The van der Waals surface area contributed by atoms with Gasteiger partial charge in [0, 0.05) is 19.3 Å². The summed E-state index contributed by atoms with van der Waals surface area (Å²) < 4.78 is 5.00. The summed E-state index contributed by atoms with van der Waals surface area (Å²) in [5.74, 6) is 0.810. The van der Waals surface area contributed by atoms with Crippen LogP contribution in [0.15, 0.2) is 4.52 Å². The first kappa shape index (κ1) is 7.49. The van der Waals surface area contributed by atoms with Crippen molar-refractivity contribution in [2.24, 2.45) is 5.73 Å². The number of carbonyl (C=O) groups is 1. The number of ketones is 1. The first-order valence-corrected chi connectivity index (χ1v) is 4.03. The average molecular weight is 166 g/mol. The third kappa shape index (κ3) is 0.956. The lowest BCUT2D eigenvalue weighted by atomic mass is 10.1. The molecule has 1 heterocycles. The summed E-state index contributed by atoms with van der Waals surface area (Å²) >= 11 is 0. The van der Waals surface area contributed by atoms with Gasteiger partial charge in [-0.2, -0.15) is 0 Å². The number of hydrogen-bond donors (Lipinski definition) is 1. The number of rotatable bonds is 2. The molecule has 0 fully saturated rings. The second-order valence-corrected chi connectivity index (χ2v) is 2.89. The maximum absolute atomic E-state index is 11.3. The lowest BCUT2D eigenvalue weighted by molar-refractivity contribution is 0.0991. The maximum Gasteiger partial charge on any atom is 0.168 e. The molecule has 0 amide bonds. The summed E-state index contributed by atoms with van der Waals surface area (Å²) in [6, 6.07) is 0. The summed E-state index contributed by atoms with van der Waals surface area (Å²) in [6.07, 6.45) is 1.90. The van der Waals surface area contributed by atoms with Crippen molar-refractivity contribution in [2.45, 2.75) is 19.3 Å². The van der Waals surface area contributed by atoms with E-state index in [0.29, 0.717) is 30.7 Å². The largest absolute Gasteiger partial charge is 0.360 e. The zero-order chi connectivity index (χ0) is 8.55. The van der Waals surface area contributed by atoms with Gasteiger partial charge in [0.05, 0.1) is 11.3 Å². The van der Waals surface area contributed by atoms with Gasteiger partial charge in [0.25, 0.3) is 0 Å². The van der Waals surface area contributed by atoms with Crippen LogP contribution < -0.4 is 5.73 Å². The van der Waals surface area contributed by atoms with E-state index >= 15 is 0 Å². The van der Waals surface area contributed by atoms with Crippen molar-refractivity contribution < 1.29 is 9.32 Å². The molecule has 0 aromatic carbocycles. The van der Waals surface area contributed by atoms with Crippen LogP contribution in [0.5, 0.6) is 0 Å². The monoisotopic (exact) mass is 166 g/mol. The van der Waals surface area contributed by atoms with Crippen LogP contribution in [0.1, 0.15) is 28.2 Å². The fraction of sp³-hybridized carbons (Fsp3) is 0.500. The molecule has 2 rings (SSSR count). The molecule has 2 N–H and O–H groups in total. The highest BCUT2D eigenvalue weighted by molar-refractivity contribution is 6.00. The predicted molar refractivity (Wildman–Crippen MR) is 41.9 cm³/mol. The number of hydrogen-bond acceptors (Lipinski definition) is 4. The standard InChI is InChI=1S/C8H10N2O2/c9-4-3-7-8-5(10-12-7)1-2-6(8)11/h1-4,9H2. The predicted octanol–water partition coefficient (Wildman–Crippen LogP) is 0.305. The van der Waals surface area contributed by atoms with Crippen molar-refractivity contribution in [1.29, 1.82) is 0 Å². The van der Waals surface area contributed by atoms with Crippen molar-refractivity contribution >= 4 is 5.78 Å². The Hall–Kier alpha value is -1.16. The minimum absolute atomic E-state index is 0.148. The number of Topliss-reactive ketones (excluding diaryl/α,β-unsaturated/α-hetero) is 1. The molecule has 0 saturated heterocycles. The van der Waals surface area contributed by atoms with E-state index in [1.54, 1.807) is 0 Å². The quantitative estimate of drug-likeness (QED) is 0.686. The highest BCUT2D eigenvalue weighted by Crippen LogP contribution is 2.24. The van der Waals surface area contributed by atoms with Crippen LogP contribution in [0.4, 0.5) is 0 Å². The van der Waals surface area contributed by atoms with E-state index in [4.69, 9.17) is 10.3 Å². The summed E-state index contributed by atoms with van der Waals surface area (Å²) in [6.45, 7) is 0.495. The van der Waals surface area contributed by atoms with E-state index in [2.05, 4.69) is 5.16 Å². The molecule has 0 atom stereocenters. The normalized spacial score (nSPS) is 15.2. The first-order valence-electron chi connectivity index (χ1n) is 4.03. The van der Waals surface area contributed by atoms with Crippen molar-refractivity contribution in [2.75, 3.05) is 6.54 Å². The van der Waals surface area contributed by atoms with E-state index in [9.17, 15) is 4.79 Å². The molecule has 64 valence electrons. The van der Waals surface area contributed by atoms with E-state index < -0.39 is 0 Å². The van der Waals surface area contributed by atoms with Gasteiger partial charge in [-0.1, -0.05) is 5.16 Å². The summed E-state index contributed by atoms with van der Waals surface area (Å²) in [7, 11) is 0. The number of aromatic nitrogens is 1. The first-order chi connectivity index (χ1) is 5.83. The Morgan fingerprint density at radius 3 is 3.08 bits per heavy atom. The Bertz CT molecular complexity index is 317. The Labute approximate surface area is 69.7 Å². The van der Waals surface area contributed by atoms with Gasteiger partial charge in [-0.3, -0.25) is 4.79 Å². The average Bonchev–Trinajstić information content (AvgIpc) is 2.58. The van der Waals surface area contributed by atoms with Crippen molar-refractivity contribution in [3.8, 4) is 0 Å². The zero-order valence-electron chi connectivity index (χ0n) is 6.67. The van der Waals surface area contributed by atoms with Gasteiger partial charge in [-0.25, -0.2) is 0 Å². The third-order valence-corrected chi connectivity index (χ3v) is 2.07. The maximum atomic E-state index is 11.3. The fourth-order valence-electron chi connectivity index (χ4n) is 1.51. The molecule has 0 radical (unpaired) electrons. The number of nitrogens with two attached hydrogens (primary N) is 1. The van der Waals surface area contributed by atoms with Gasteiger partial charge < -0.3 is 10.3 Å². The highest BCUT2D eigenvalue weighted by Gasteiger charge is 2.27. The Balaban J connectivity index is 2.39. The van der Waals surface area contributed by atoms with Crippen molar-refractivity contribution in [3.05, 3.63) is 17.0 Å². The number of carbonyl (C=O) groups excluding carboxylic acids is 1. The molecule has 0 bridgehead atoms. The second-order valence-electron chi connectivity index (χ2n) is 2.89. The van der Waals surface area contributed by atoms with Gasteiger partial charge in [-0.05, 0) is 6.54 Å². The second kappa shape index (κ2) is 2.71. The summed E-state index contributed by atoms with van der Waals surface area (Å²) in [5, 5.41) is 3.81. The van der Waals surface area contributed by atoms with Crippen LogP contribution in [0.25, 0.3) is 0 Å². The lowest BCUT2D eigenvalue weighted by Gasteiger charge is -1.92. The highest BCUT2D eigenvalue weighted by atomic mass is 16.5. The number of nitrogens with zero attached hydrogens (tertiary/aromatic N) is 1. The Morgan fingerprint density at radius 2 is 2.33 bits per heavy atom. The lowest BCUT2D eigenvalue weighted by Crippen LogP contribution is -2.05. The van der Waals surface area contributed by atoms with Crippen molar-refractivity contribution in [3.63, 3.8) is 0 Å². The van der Waals surface area contributed by atoms with Gasteiger partial charge in [0.1, 0.15) is 5.76 Å². The minimum Gasteiger partial charge on any atom is -0.360 e. The van der Waals surface area contributed by atoms with Crippen LogP contribution in [0, 0.1) is 0 Å². The summed E-state index contributed by atoms with van der Waals surface area (Å²) in [5.41, 5.74) is 6.86. The molecule has 12 heavy (non-hydrogen) atoms. The topological polar surface area (TPSA) is 69.1 Å². The van der Waals surface area contributed by atoms with Crippen LogP contribution in [-0.2, 0) is 12.8 Å². The SMILES string of the molecule is NCCc1onc2c1C(=O)CC2. The van der Waals surface area contributed by atoms with E-state index in [-0.39, 0.29) is 5.78 Å². The van der Waals surface area contributed by atoms with Crippen LogP contribution >= 0.6 is 0 Å². The van der Waals surface area contributed by atoms with E-state index in [1.165, 1.54) is 0 Å². The molecule has 1 aliphatic carbocycles. The van der Waals surface area contributed by atoms with Gasteiger partial charge in [0.15, 0.2) is 5.78 Å². The van der Waals surface area contributed by atoms with Crippen LogP contribution in [-0.4, -0.2) is 17.5 Å². The van der Waals surface area contributed by atoms with E-state index in [0.717, 1.165) is 12.1 Å². The zero-order valence-corrected chi connectivity index (χ0v) is 6.67. The molecular formula is C8H10N2O2. The van der Waals surface area contributed by atoms with Gasteiger partial charge in [-0.15, -0.1) is 0 Å². The fourth-order valence-corrected chi connectivity index (χ4v) is 1.51. The molecule has 0 unspecified atom stereocenters. The molecule has 1 aliphatic rings. The smallest absolute Gasteiger partial charge is 0.168 e.